The SMILES string of the molecule is O=C(O)[C@@H]1CCCN1C(=O)c1cccc2[nH]ncc12. The lowest BCUT2D eigenvalue weighted by molar-refractivity contribution is -0.141. The van der Waals surface area contributed by atoms with Gasteiger partial charge in [-0.2, -0.15) is 5.10 Å². The fraction of sp³-hybridized carbons (Fsp3) is 0.308. The topological polar surface area (TPSA) is 86.3 Å². The Morgan fingerprint density at radius 2 is 2.26 bits per heavy atom. The van der Waals surface area contributed by atoms with Crippen LogP contribution in [-0.4, -0.2) is 44.7 Å². The molecule has 0 unspecified atom stereocenters. The number of aromatic nitrogens is 2. The van der Waals surface area contributed by atoms with Crippen molar-refractivity contribution < 1.29 is 14.7 Å². The summed E-state index contributed by atoms with van der Waals surface area (Å²) in [7, 11) is 0. The molecule has 98 valence electrons. The predicted octanol–water partition coefficient (Wildman–Crippen LogP) is 1.25. The zero-order valence-corrected chi connectivity index (χ0v) is 10.2. The second-order valence-electron chi connectivity index (χ2n) is 4.63. The normalized spacial score (nSPS) is 18.9. The summed E-state index contributed by atoms with van der Waals surface area (Å²) in [5, 5.41) is 16.6. The van der Waals surface area contributed by atoms with Crippen LogP contribution in [0.5, 0.6) is 0 Å². The van der Waals surface area contributed by atoms with Gasteiger partial charge < -0.3 is 10.0 Å². The first-order valence-corrected chi connectivity index (χ1v) is 6.14. The Kier molecular flexibility index (Phi) is 2.70. The molecule has 2 aromatic rings. The molecule has 6 nitrogen and oxygen atoms in total. The molecule has 2 N–H and O–H groups in total. The van der Waals surface area contributed by atoms with Crippen LogP contribution in [-0.2, 0) is 4.79 Å². The van der Waals surface area contributed by atoms with Gasteiger partial charge >= 0.3 is 5.97 Å². The molecule has 0 bridgehead atoms. The molecule has 1 aliphatic rings. The number of nitrogens with one attached hydrogen (secondary N) is 1. The van der Waals surface area contributed by atoms with Crippen molar-refractivity contribution in [1.82, 2.24) is 15.1 Å². The third-order valence-corrected chi connectivity index (χ3v) is 3.51. The average molecular weight is 259 g/mol. The Balaban J connectivity index is 2.00. The molecule has 1 aromatic heterocycles. The van der Waals surface area contributed by atoms with Crippen molar-refractivity contribution in [3.8, 4) is 0 Å². The first-order chi connectivity index (χ1) is 9.18. The van der Waals surface area contributed by atoms with Gasteiger partial charge in [-0.15, -0.1) is 0 Å². The van der Waals surface area contributed by atoms with Crippen LogP contribution < -0.4 is 0 Å². The minimum atomic E-state index is -0.940. The van der Waals surface area contributed by atoms with Gasteiger partial charge in [-0.25, -0.2) is 4.79 Å². The number of carbonyl (C=O) groups excluding carboxylic acids is 1. The van der Waals surface area contributed by atoms with Crippen LogP contribution >= 0.6 is 0 Å². The number of amides is 1. The molecule has 2 heterocycles. The highest BCUT2D eigenvalue weighted by atomic mass is 16.4. The highest BCUT2D eigenvalue weighted by molar-refractivity contribution is 6.07. The molecule has 1 atom stereocenters. The van der Waals surface area contributed by atoms with Crippen molar-refractivity contribution in [3.05, 3.63) is 30.0 Å². The highest BCUT2D eigenvalue weighted by Crippen LogP contribution is 2.23. The summed E-state index contributed by atoms with van der Waals surface area (Å²) in [6.07, 6.45) is 2.83. The molecule has 6 heteroatoms. The molecule has 1 saturated heterocycles. The van der Waals surface area contributed by atoms with Gasteiger partial charge in [0.2, 0.25) is 0 Å². The number of hydrogen-bond donors (Lipinski definition) is 2. The average Bonchev–Trinajstić information content (AvgIpc) is 3.05. The van der Waals surface area contributed by atoms with E-state index in [9.17, 15) is 9.59 Å². The van der Waals surface area contributed by atoms with Crippen LogP contribution in [0.2, 0.25) is 0 Å². The Bertz CT molecular complexity index is 649. The van der Waals surface area contributed by atoms with Crippen molar-refractivity contribution >= 4 is 22.8 Å². The van der Waals surface area contributed by atoms with Gasteiger partial charge in [-0.3, -0.25) is 9.89 Å². The molecule has 0 radical (unpaired) electrons. The first kappa shape index (κ1) is 11.7. The molecule has 1 amide bonds. The van der Waals surface area contributed by atoms with E-state index in [0.717, 1.165) is 17.3 Å². The summed E-state index contributed by atoms with van der Waals surface area (Å²) >= 11 is 0. The van der Waals surface area contributed by atoms with Gasteiger partial charge in [-0.1, -0.05) is 6.07 Å². The summed E-state index contributed by atoms with van der Waals surface area (Å²) in [4.78, 5) is 25.1. The largest absolute Gasteiger partial charge is 0.480 e. The molecule has 1 aromatic carbocycles. The molecule has 1 aliphatic heterocycles. The summed E-state index contributed by atoms with van der Waals surface area (Å²) in [5.74, 6) is -1.18. The van der Waals surface area contributed by atoms with Crippen LogP contribution in [0.3, 0.4) is 0 Å². The smallest absolute Gasteiger partial charge is 0.326 e. The maximum Gasteiger partial charge on any atom is 0.326 e. The molecular weight excluding hydrogens is 246 g/mol. The standard InChI is InChI=1S/C13H13N3O3/c17-12(16-6-2-5-11(16)13(18)19)8-3-1-4-10-9(8)7-14-15-10/h1,3-4,7,11H,2,5-6H2,(H,14,15)(H,18,19)/t11-/m0/s1. The summed E-state index contributed by atoms with van der Waals surface area (Å²) in [6.45, 7) is 0.490. The molecule has 19 heavy (non-hydrogen) atoms. The lowest BCUT2D eigenvalue weighted by atomic mass is 10.1. The van der Waals surface area contributed by atoms with Gasteiger partial charge in [0, 0.05) is 11.9 Å². The second-order valence-corrected chi connectivity index (χ2v) is 4.63. The monoisotopic (exact) mass is 259 g/mol. The Hall–Kier alpha value is -2.37. The van der Waals surface area contributed by atoms with Gasteiger partial charge in [0.25, 0.3) is 5.91 Å². The number of H-pyrrole nitrogens is 1. The van der Waals surface area contributed by atoms with Crippen LogP contribution in [0.25, 0.3) is 10.9 Å². The zero-order chi connectivity index (χ0) is 13.4. The Morgan fingerprint density at radius 1 is 1.42 bits per heavy atom. The molecular formula is C13H13N3O3. The van der Waals surface area contributed by atoms with E-state index in [1.54, 1.807) is 18.3 Å². The van der Waals surface area contributed by atoms with E-state index in [1.165, 1.54) is 4.90 Å². The van der Waals surface area contributed by atoms with Gasteiger partial charge in [0.1, 0.15) is 6.04 Å². The van der Waals surface area contributed by atoms with E-state index < -0.39 is 12.0 Å². The van der Waals surface area contributed by atoms with Crippen LogP contribution in [0, 0.1) is 0 Å². The van der Waals surface area contributed by atoms with Gasteiger partial charge in [0.05, 0.1) is 17.3 Å². The number of aliphatic carboxylic acids is 1. The minimum Gasteiger partial charge on any atom is -0.480 e. The molecule has 0 aliphatic carbocycles. The summed E-state index contributed by atoms with van der Waals surface area (Å²) in [6, 6.07) is 4.59. The summed E-state index contributed by atoms with van der Waals surface area (Å²) in [5.41, 5.74) is 1.27. The van der Waals surface area contributed by atoms with E-state index >= 15 is 0 Å². The van der Waals surface area contributed by atoms with Crippen molar-refractivity contribution in [2.75, 3.05) is 6.54 Å². The zero-order valence-electron chi connectivity index (χ0n) is 10.2. The van der Waals surface area contributed by atoms with E-state index in [2.05, 4.69) is 10.2 Å². The van der Waals surface area contributed by atoms with Crippen LogP contribution in [0.15, 0.2) is 24.4 Å². The minimum absolute atomic E-state index is 0.239. The van der Waals surface area contributed by atoms with Crippen LogP contribution in [0.1, 0.15) is 23.2 Å². The maximum absolute atomic E-state index is 12.5. The number of rotatable bonds is 2. The highest BCUT2D eigenvalue weighted by Gasteiger charge is 2.34. The van der Waals surface area contributed by atoms with E-state index in [-0.39, 0.29) is 5.91 Å². The van der Waals surface area contributed by atoms with E-state index in [4.69, 9.17) is 5.11 Å². The third-order valence-electron chi connectivity index (χ3n) is 3.51. The number of nitrogens with zero attached hydrogens (tertiary/aromatic N) is 2. The van der Waals surface area contributed by atoms with E-state index in [1.807, 2.05) is 6.07 Å². The number of aromatic amines is 1. The Morgan fingerprint density at radius 3 is 3.05 bits per heavy atom. The van der Waals surface area contributed by atoms with Crippen molar-refractivity contribution in [1.29, 1.82) is 0 Å². The van der Waals surface area contributed by atoms with Crippen LogP contribution in [0.4, 0.5) is 0 Å². The van der Waals surface area contributed by atoms with Crippen molar-refractivity contribution in [2.24, 2.45) is 0 Å². The van der Waals surface area contributed by atoms with Crippen molar-refractivity contribution in [3.63, 3.8) is 0 Å². The lowest BCUT2D eigenvalue weighted by Gasteiger charge is -2.21. The molecule has 3 rings (SSSR count). The quantitative estimate of drug-likeness (QED) is 0.849. The molecule has 1 fully saturated rings. The maximum atomic E-state index is 12.5. The van der Waals surface area contributed by atoms with Crippen molar-refractivity contribution in [2.45, 2.75) is 18.9 Å². The summed E-state index contributed by atoms with van der Waals surface area (Å²) < 4.78 is 0. The fourth-order valence-electron chi connectivity index (χ4n) is 2.58. The number of hydrogen-bond acceptors (Lipinski definition) is 3. The lowest BCUT2D eigenvalue weighted by Crippen LogP contribution is -2.40. The number of carboxylic acid groups (broad SMARTS) is 1. The number of likely N-dealkylation sites (tertiary alicyclic amines) is 1. The number of benzene rings is 1. The third kappa shape index (κ3) is 1.85. The van der Waals surface area contributed by atoms with Gasteiger partial charge in [0.15, 0.2) is 0 Å². The number of fused-ring (bicyclic) bond motifs is 1. The number of carboxylic acids is 1. The van der Waals surface area contributed by atoms with E-state index in [0.29, 0.717) is 18.5 Å². The number of carbonyl (C=O) groups is 2. The fourth-order valence-corrected chi connectivity index (χ4v) is 2.58. The second kappa shape index (κ2) is 4.38. The Labute approximate surface area is 109 Å². The first-order valence-electron chi connectivity index (χ1n) is 6.14. The predicted molar refractivity (Wildman–Crippen MR) is 67.8 cm³/mol. The van der Waals surface area contributed by atoms with Gasteiger partial charge in [-0.05, 0) is 25.0 Å². The molecule has 0 saturated carbocycles. The molecule has 0 spiro atoms.